The highest BCUT2D eigenvalue weighted by Gasteiger charge is 2.29. The number of para-hydroxylation sites is 1. The molecular formula is C13H15FN2O2. The zero-order valence-corrected chi connectivity index (χ0v) is 10.6. The van der Waals surface area contributed by atoms with Gasteiger partial charge in [0.1, 0.15) is 17.2 Å². The molecule has 96 valence electrons. The van der Waals surface area contributed by atoms with Crippen molar-refractivity contribution in [1.82, 2.24) is 9.55 Å². The molecule has 1 aromatic heterocycles. The van der Waals surface area contributed by atoms with Gasteiger partial charge in [0, 0.05) is 13.5 Å². The first-order chi connectivity index (χ1) is 8.33. The van der Waals surface area contributed by atoms with Gasteiger partial charge in [-0.1, -0.05) is 6.07 Å². The Balaban J connectivity index is 2.51. The fourth-order valence-corrected chi connectivity index (χ4v) is 1.90. The van der Waals surface area contributed by atoms with Gasteiger partial charge in [-0.3, -0.25) is 4.79 Å². The van der Waals surface area contributed by atoms with Gasteiger partial charge in [-0.25, -0.2) is 9.37 Å². The maximum atomic E-state index is 13.7. The smallest absolute Gasteiger partial charge is 0.309 e. The molecule has 1 heterocycles. The van der Waals surface area contributed by atoms with E-state index in [0.717, 1.165) is 0 Å². The summed E-state index contributed by atoms with van der Waals surface area (Å²) < 4.78 is 15.3. The van der Waals surface area contributed by atoms with Gasteiger partial charge in [0.05, 0.1) is 10.9 Å². The van der Waals surface area contributed by atoms with Crippen LogP contribution >= 0.6 is 0 Å². The third kappa shape index (κ3) is 1.96. The molecule has 2 rings (SSSR count). The van der Waals surface area contributed by atoms with Gasteiger partial charge >= 0.3 is 5.97 Å². The molecule has 0 unspecified atom stereocenters. The summed E-state index contributed by atoms with van der Waals surface area (Å²) in [5.74, 6) is -0.667. The molecule has 2 aromatic rings. The predicted molar refractivity (Wildman–Crippen MR) is 65.8 cm³/mol. The van der Waals surface area contributed by atoms with Crippen molar-refractivity contribution in [2.24, 2.45) is 12.5 Å². The molecule has 0 fully saturated rings. The second-order valence-corrected chi connectivity index (χ2v) is 5.06. The normalized spacial score (nSPS) is 12.0. The second-order valence-electron chi connectivity index (χ2n) is 5.06. The fraction of sp³-hybridized carbons (Fsp3) is 0.385. The molecule has 4 nitrogen and oxygen atoms in total. The number of fused-ring (bicyclic) bond motifs is 1. The van der Waals surface area contributed by atoms with E-state index in [-0.39, 0.29) is 12.2 Å². The first-order valence-electron chi connectivity index (χ1n) is 5.66. The number of carbonyl (C=O) groups is 1. The average Bonchev–Trinajstić information content (AvgIpc) is 2.56. The van der Waals surface area contributed by atoms with E-state index in [4.69, 9.17) is 5.11 Å². The molecule has 0 saturated carbocycles. The van der Waals surface area contributed by atoms with Gasteiger partial charge in [0.25, 0.3) is 0 Å². The highest BCUT2D eigenvalue weighted by Crippen LogP contribution is 2.25. The number of imidazole rings is 1. The highest BCUT2D eigenvalue weighted by molar-refractivity contribution is 5.77. The summed E-state index contributed by atoms with van der Waals surface area (Å²) in [6.45, 7) is 3.26. The van der Waals surface area contributed by atoms with Crippen molar-refractivity contribution in [3.63, 3.8) is 0 Å². The van der Waals surface area contributed by atoms with E-state index in [1.165, 1.54) is 6.07 Å². The lowest BCUT2D eigenvalue weighted by atomic mass is 9.89. The van der Waals surface area contributed by atoms with Crippen molar-refractivity contribution in [3.8, 4) is 0 Å². The van der Waals surface area contributed by atoms with E-state index < -0.39 is 11.4 Å². The molecule has 0 aliphatic heterocycles. The molecular weight excluding hydrogens is 235 g/mol. The third-order valence-corrected chi connectivity index (χ3v) is 3.12. The summed E-state index contributed by atoms with van der Waals surface area (Å²) in [5, 5.41) is 9.11. The van der Waals surface area contributed by atoms with E-state index in [2.05, 4.69) is 4.98 Å². The van der Waals surface area contributed by atoms with Crippen molar-refractivity contribution < 1.29 is 14.3 Å². The maximum Gasteiger partial charge on any atom is 0.309 e. The van der Waals surface area contributed by atoms with Gasteiger partial charge in [-0.15, -0.1) is 0 Å². The number of halogens is 1. The van der Waals surface area contributed by atoms with Gasteiger partial charge in [-0.2, -0.15) is 0 Å². The van der Waals surface area contributed by atoms with Crippen LogP contribution < -0.4 is 0 Å². The molecule has 18 heavy (non-hydrogen) atoms. The van der Waals surface area contributed by atoms with E-state index in [9.17, 15) is 9.18 Å². The van der Waals surface area contributed by atoms with Crippen LogP contribution in [0, 0.1) is 11.2 Å². The number of carboxylic acid groups (broad SMARTS) is 1. The van der Waals surface area contributed by atoms with Crippen molar-refractivity contribution in [3.05, 3.63) is 29.8 Å². The quantitative estimate of drug-likeness (QED) is 0.909. The summed E-state index contributed by atoms with van der Waals surface area (Å²) >= 11 is 0. The molecule has 0 amide bonds. The van der Waals surface area contributed by atoms with Gasteiger partial charge < -0.3 is 9.67 Å². The molecule has 0 saturated heterocycles. The average molecular weight is 250 g/mol. The van der Waals surface area contributed by atoms with E-state index in [0.29, 0.717) is 16.9 Å². The Morgan fingerprint density at radius 2 is 2.17 bits per heavy atom. The van der Waals surface area contributed by atoms with Crippen LogP contribution in [0.1, 0.15) is 19.7 Å². The summed E-state index contributed by atoms with van der Waals surface area (Å²) in [6.07, 6.45) is 0.257. The minimum absolute atomic E-state index is 0.257. The van der Waals surface area contributed by atoms with Crippen molar-refractivity contribution >= 4 is 17.0 Å². The number of aryl methyl sites for hydroxylation is 1. The SMILES string of the molecule is Cn1c(CC(C)(C)C(=O)O)nc2cccc(F)c21. The van der Waals surface area contributed by atoms with Crippen molar-refractivity contribution in [1.29, 1.82) is 0 Å². The minimum Gasteiger partial charge on any atom is -0.481 e. The molecule has 1 aromatic carbocycles. The van der Waals surface area contributed by atoms with E-state index >= 15 is 0 Å². The number of aliphatic carboxylic acids is 1. The molecule has 0 bridgehead atoms. The van der Waals surface area contributed by atoms with Gasteiger partial charge in [0.15, 0.2) is 0 Å². The summed E-state index contributed by atoms with van der Waals surface area (Å²) in [7, 11) is 1.70. The lowest BCUT2D eigenvalue weighted by molar-refractivity contribution is -0.146. The number of rotatable bonds is 3. The molecule has 0 atom stereocenters. The standard InChI is InChI=1S/C13H15FN2O2/c1-13(2,12(17)18)7-10-15-9-6-4-5-8(14)11(9)16(10)3/h4-6H,7H2,1-3H3,(H,17,18). The van der Waals surface area contributed by atoms with Crippen molar-refractivity contribution in [2.45, 2.75) is 20.3 Å². The van der Waals surface area contributed by atoms with Crippen LogP contribution in [0.3, 0.4) is 0 Å². The Morgan fingerprint density at radius 3 is 2.72 bits per heavy atom. The Hall–Kier alpha value is -1.91. The lowest BCUT2D eigenvalue weighted by Gasteiger charge is -2.18. The largest absolute Gasteiger partial charge is 0.481 e. The van der Waals surface area contributed by atoms with E-state index in [1.54, 1.807) is 37.6 Å². The number of carboxylic acids is 1. The molecule has 0 spiro atoms. The molecule has 0 aliphatic carbocycles. The number of aromatic nitrogens is 2. The molecule has 1 N–H and O–H groups in total. The van der Waals surface area contributed by atoms with Crippen LogP contribution in [0.2, 0.25) is 0 Å². The highest BCUT2D eigenvalue weighted by atomic mass is 19.1. The maximum absolute atomic E-state index is 13.7. The first-order valence-corrected chi connectivity index (χ1v) is 5.66. The van der Waals surface area contributed by atoms with Gasteiger partial charge in [0.2, 0.25) is 0 Å². The monoisotopic (exact) mass is 250 g/mol. The second kappa shape index (κ2) is 4.08. The van der Waals surface area contributed by atoms with Crippen LogP contribution in [-0.2, 0) is 18.3 Å². The predicted octanol–water partition coefficient (Wildman–Crippen LogP) is 2.37. The summed E-state index contributed by atoms with van der Waals surface area (Å²) in [4.78, 5) is 15.4. The van der Waals surface area contributed by atoms with Crippen LogP contribution in [0.4, 0.5) is 4.39 Å². The van der Waals surface area contributed by atoms with Crippen LogP contribution in [0.15, 0.2) is 18.2 Å². The first kappa shape index (κ1) is 12.5. The Kier molecular flexibility index (Phi) is 2.84. The number of hydrogen-bond acceptors (Lipinski definition) is 2. The Labute approximate surface area is 104 Å². The van der Waals surface area contributed by atoms with Crippen LogP contribution in [0.5, 0.6) is 0 Å². The van der Waals surface area contributed by atoms with Gasteiger partial charge in [-0.05, 0) is 26.0 Å². The number of benzene rings is 1. The van der Waals surface area contributed by atoms with E-state index in [1.807, 2.05) is 0 Å². The third-order valence-electron chi connectivity index (χ3n) is 3.12. The molecule has 0 aliphatic rings. The lowest BCUT2D eigenvalue weighted by Crippen LogP contribution is -2.27. The number of hydrogen-bond donors (Lipinski definition) is 1. The molecule has 0 radical (unpaired) electrons. The zero-order valence-electron chi connectivity index (χ0n) is 10.6. The summed E-state index contributed by atoms with van der Waals surface area (Å²) in [5.41, 5.74) is 0.0355. The van der Waals surface area contributed by atoms with Crippen LogP contribution in [-0.4, -0.2) is 20.6 Å². The topological polar surface area (TPSA) is 55.1 Å². The Bertz CT molecular complexity index is 617. The zero-order chi connectivity index (χ0) is 13.5. The summed E-state index contributed by atoms with van der Waals surface area (Å²) in [6, 6.07) is 4.68. The van der Waals surface area contributed by atoms with Crippen molar-refractivity contribution in [2.75, 3.05) is 0 Å². The molecule has 5 heteroatoms. The fourth-order valence-electron chi connectivity index (χ4n) is 1.90. The number of nitrogens with zero attached hydrogens (tertiary/aromatic N) is 2. The van der Waals surface area contributed by atoms with Crippen LogP contribution in [0.25, 0.3) is 11.0 Å². The minimum atomic E-state index is -0.925. The Morgan fingerprint density at radius 1 is 1.50 bits per heavy atom.